The van der Waals surface area contributed by atoms with Crippen molar-refractivity contribution >= 4 is 58.4 Å². The molecule has 266 valence electrons. The lowest BCUT2D eigenvalue weighted by molar-refractivity contribution is 0.0982. The highest BCUT2D eigenvalue weighted by Gasteiger charge is 2.28. The number of ether oxygens (including phenoxy) is 2. The van der Waals surface area contributed by atoms with Crippen LogP contribution in [0.15, 0.2) is 49.1 Å². The van der Waals surface area contributed by atoms with Crippen molar-refractivity contribution in [3.05, 3.63) is 60.2 Å². The number of nitrogens with zero attached hydrogens (tertiary/aromatic N) is 7. The zero-order valence-electron chi connectivity index (χ0n) is 30.1. The van der Waals surface area contributed by atoms with Crippen molar-refractivity contribution in [3.63, 3.8) is 0 Å². The number of fused-ring (bicyclic) bond motifs is 1. The summed E-state index contributed by atoms with van der Waals surface area (Å²) in [6.07, 6.45) is 11.6. The first-order chi connectivity index (χ1) is 24.2. The first kappa shape index (κ1) is 35.6. The number of rotatable bonds is 12. The number of nitrogens with one attached hydrogen (secondary N) is 2. The molecule has 0 spiro atoms. The van der Waals surface area contributed by atoms with Crippen molar-refractivity contribution in [2.24, 2.45) is 0 Å². The quantitative estimate of drug-likeness (QED) is 0.134. The van der Waals surface area contributed by atoms with Gasteiger partial charge in [0.1, 0.15) is 24.2 Å². The maximum Gasteiger partial charge on any atom is 0.229 e. The molecular weight excluding hydrogens is 649 g/mol. The monoisotopic (exact) mass is 699 g/mol. The third-order valence-corrected chi connectivity index (χ3v) is 11.2. The number of methoxy groups -OCH3 is 1. The molecule has 0 aliphatic carbocycles. The molecule has 0 amide bonds. The van der Waals surface area contributed by atoms with E-state index in [1.807, 2.05) is 25.1 Å². The molecule has 6 rings (SSSR count). The topological polar surface area (TPSA) is 121 Å². The van der Waals surface area contributed by atoms with E-state index in [2.05, 4.69) is 66.4 Å². The molecule has 2 fully saturated rings. The molecule has 2 N–H and O–H groups in total. The second kappa shape index (κ2) is 15.7. The van der Waals surface area contributed by atoms with Crippen LogP contribution >= 0.6 is 7.14 Å². The van der Waals surface area contributed by atoms with Crippen molar-refractivity contribution < 1.29 is 14.0 Å². The molecule has 2 saturated heterocycles. The SMILES string of the molecule is CCO/C=C/c1cnc(Nc2cc(CC)c(N3CCC(N4CCN(C)CC4)CC3)cc2OC)nc1Nc1ccc2nccnc2c1P(C)(C)=O. The van der Waals surface area contributed by atoms with Crippen molar-refractivity contribution in [2.45, 2.75) is 39.2 Å². The maximum absolute atomic E-state index is 13.6. The number of aromatic nitrogens is 4. The smallest absolute Gasteiger partial charge is 0.229 e. The molecule has 2 aliphatic heterocycles. The van der Waals surface area contributed by atoms with E-state index in [-0.39, 0.29) is 0 Å². The molecule has 13 heteroatoms. The maximum atomic E-state index is 13.6. The van der Waals surface area contributed by atoms with Gasteiger partial charge in [-0.1, -0.05) is 6.92 Å². The van der Waals surface area contributed by atoms with Crippen LogP contribution in [0.3, 0.4) is 0 Å². The summed E-state index contributed by atoms with van der Waals surface area (Å²) in [6, 6.07) is 8.70. The zero-order valence-corrected chi connectivity index (χ0v) is 31.0. The number of piperazine rings is 1. The van der Waals surface area contributed by atoms with Crippen LogP contribution in [0.2, 0.25) is 0 Å². The molecule has 2 aliphatic rings. The number of piperidine rings is 1. The van der Waals surface area contributed by atoms with E-state index in [1.165, 1.54) is 24.1 Å². The Morgan fingerprint density at radius 3 is 2.42 bits per heavy atom. The lowest BCUT2D eigenvalue weighted by Gasteiger charge is -2.43. The number of hydrogen-bond acceptors (Lipinski definition) is 12. The number of likely N-dealkylation sites (N-methyl/N-ethyl adjacent to an activating group) is 1. The molecule has 0 bridgehead atoms. The van der Waals surface area contributed by atoms with Gasteiger partial charge in [-0.2, -0.15) is 4.98 Å². The molecule has 0 atom stereocenters. The van der Waals surface area contributed by atoms with Gasteiger partial charge in [0.25, 0.3) is 0 Å². The van der Waals surface area contributed by atoms with Crippen LogP contribution < -0.4 is 25.6 Å². The fourth-order valence-corrected chi connectivity index (χ4v) is 8.32. The standard InChI is InChI=1S/C37H50N9O3P/c1-7-26-23-31(33(48-4)24-32(26)46-16-11-28(12-17-46)45-20-18-44(3)19-21-45)42-37-40-25-27(13-22-49-8-2)36(43-37)41-30-10-9-29-34(39-15-14-38-29)35(30)50(5,6)47/h9-10,13-15,22-25,28H,7-8,11-12,16-21H2,1-6H3,(H2,40,41,42,43)/b22-13+. The van der Waals surface area contributed by atoms with Gasteiger partial charge in [0, 0.05) is 81.2 Å². The zero-order chi connectivity index (χ0) is 35.3. The second-order valence-corrected chi connectivity index (χ2v) is 16.5. The van der Waals surface area contributed by atoms with Crippen LogP contribution in [0.5, 0.6) is 5.75 Å². The van der Waals surface area contributed by atoms with Gasteiger partial charge in [-0.05, 0) is 76.4 Å². The average Bonchev–Trinajstić information content (AvgIpc) is 3.12. The average molecular weight is 700 g/mol. The fourth-order valence-electron chi connectivity index (χ4n) is 6.92. The summed E-state index contributed by atoms with van der Waals surface area (Å²) in [4.78, 5) is 26.2. The van der Waals surface area contributed by atoms with Crippen LogP contribution in [0, 0.1) is 0 Å². The summed E-state index contributed by atoms with van der Waals surface area (Å²) in [5, 5.41) is 7.49. The Kier molecular flexibility index (Phi) is 11.2. The predicted molar refractivity (Wildman–Crippen MR) is 205 cm³/mol. The van der Waals surface area contributed by atoms with E-state index in [1.54, 1.807) is 45.3 Å². The highest BCUT2D eigenvalue weighted by molar-refractivity contribution is 7.71. The number of hydrogen-bond donors (Lipinski definition) is 2. The molecule has 12 nitrogen and oxygen atoms in total. The predicted octanol–water partition coefficient (Wildman–Crippen LogP) is 5.95. The Morgan fingerprint density at radius 1 is 0.960 bits per heavy atom. The lowest BCUT2D eigenvalue weighted by Crippen LogP contribution is -2.52. The third-order valence-electron chi connectivity index (χ3n) is 9.62. The van der Waals surface area contributed by atoms with Crippen LogP contribution in [-0.4, -0.2) is 109 Å². The van der Waals surface area contributed by atoms with Gasteiger partial charge in [0.05, 0.1) is 42.2 Å². The molecule has 0 saturated carbocycles. The molecule has 2 aromatic carbocycles. The summed E-state index contributed by atoms with van der Waals surface area (Å²) in [6.45, 7) is 14.8. The highest BCUT2D eigenvalue weighted by atomic mass is 31.2. The van der Waals surface area contributed by atoms with Gasteiger partial charge in [-0.3, -0.25) is 14.9 Å². The van der Waals surface area contributed by atoms with Crippen molar-refractivity contribution in [3.8, 4) is 5.75 Å². The number of benzene rings is 2. The first-order valence-electron chi connectivity index (χ1n) is 17.6. The van der Waals surface area contributed by atoms with E-state index >= 15 is 0 Å². The first-order valence-corrected chi connectivity index (χ1v) is 20.2. The molecule has 4 aromatic rings. The minimum atomic E-state index is -2.79. The van der Waals surface area contributed by atoms with Crippen molar-refractivity contribution in [1.29, 1.82) is 0 Å². The number of aryl methyl sites for hydroxylation is 1. The fraction of sp³-hybridized carbons (Fsp3) is 0.459. The van der Waals surface area contributed by atoms with Gasteiger partial charge in [0.2, 0.25) is 5.95 Å². The Balaban J connectivity index is 1.28. The van der Waals surface area contributed by atoms with Crippen molar-refractivity contribution in [1.82, 2.24) is 29.7 Å². The number of anilines is 5. The van der Waals surface area contributed by atoms with E-state index in [9.17, 15) is 4.57 Å². The Morgan fingerprint density at radius 2 is 1.72 bits per heavy atom. The summed E-state index contributed by atoms with van der Waals surface area (Å²) >= 11 is 0. The molecule has 0 unspecified atom stereocenters. The van der Waals surface area contributed by atoms with Crippen LogP contribution in [0.4, 0.5) is 28.8 Å². The third kappa shape index (κ3) is 8.04. The van der Waals surface area contributed by atoms with Crippen molar-refractivity contribution in [2.75, 3.05) is 88.9 Å². The molecule has 2 aromatic heterocycles. The van der Waals surface area contributed by atoms with Gasteiger partial charge in [-0.15, -0.1) is 0 Å². The van der Waals surface area contributed by atoms with Gasteiger partial charge in [0.15, 0.2) is 0 Å². The highest BCUT2D eigenvalue weighted by Crippen LogP contribution is 2.41. The second-order valence-electron chi connectivity index (χ2n) is 13.3. The van der Waals surface area contributed by atoms with Crippen LogP contribution in [0.25, 0.3) is 17.1 Å². The largest absolute Gasteiger partial charge is 0.501 e. The lowest BCUT2D eigenvalue weighted by atomic mass is 9.99. The van der Waals surface area contributed by atoms with E-state index in [0.717, 1.165) is 57.1 Å². The summed E-state index contributed by atoms with van der Waals surface area (Å²) in [5.74, 6) is 1.64. The van der Waals surface area contributed by atoms with E-state index in [4.69, 9.17) is 14.5 Å². The Bertz CT molecular complexity index is 1860. The minimum absolute atomic E-state index is 0.389. The summed E-state index contributed by atoms with van der Waals surface area (Å²) in [7, 11) is 1.12. The van der Waals surface area contributed by atoms with Crippen LogP contribution in [0.1, 0.15) is 37.8 Å². The summed E-state index contributed by atoms with van der Waals surface area (Å²) in [5.41, 5.74) is 5.88. The minimum Gasteiger partial charge on any atom is -0.501 e. The Hall–Kier alpha value is -4.25. The van der Waals surface area contributed by atoms with Gasteiger partial charge >= 0.3 is 0 Å². The van der Waals surface area contributed by atoms with Gasteiger partial charge in [-0.25, -0.2) is 4.98 Å². The summed E-state index contributed by atoms with van der Waals surface area (Å²) < 4.78 is 25.0. The molecule has 0 radical (unpaired) electrons. The molecule has 50 heavy (non-hydrogen) atoms. The van der Waals surface area contributed by atoms with Crippen LogP contribution in [-0.2, 0) is 15.7 Å². The molecular formula is C37H50N9O3P. The van der Waals surface area contributed by atoms with Gasteiger partial charge < -0.3 is 34.5 Å². The van der Waals surface area contributed by atoms with E-state index in [0.29, 0.717) is 52.0 Å². The normalized spacial score (nSPS) is 16.6. The Labute approximate surface area is 295 Å². The molecule has 4 heterocycles. The van der Waals surface area contributed by atoms with E-state index < -0.39 is 7.14 Å².